The number of aliphatic hydroxyl groups excluding tert-OH is 1. The Hall–Kier alpha value is -0.910. The number of hydrogen-bond acceptors (Lipinski definition) is 3. The summed E-state index contributed by atoms with van der Waals surface area (Å²) in [4.78, 5) is 13.6. The molecule has 1 atom stereocenters. The molecule has 1 heterocycles. The van der Waals surface area contributed by atoms with Crippen molar-refractivity contribution >= 4 is 6.09 Å². The summed E-state index contributed by atoms with van der Waals surface area (Å²) in [6.45, 7) is 6.03. The zero-order valence-corrected chi connectivity index (χ0v) is 13.0. The van der Waals surface area contributed by atoms with Crippen molar-refractivity contribution in [3.63, 3.8) is 0 Å². The van der Waals surface area contributed by atoms with Crippen molar-refractivity contribution in [3.8, 4) is 0 Å². The molecule has 2 aliphatic rings. The standard InChI is InChI=1S/C15H25F2NO3/c1-13(2,3)21-12(20)18-6-4-14(5-7-18)10-15(16,17)8-11(14)9-19/h11,19H,4-10H2,1-3H3/t11-/m0/s1. The number of carbonyl (C=O) groups is 1. The van der Waals surface area contributed by atoms with Crippen molar-refractivity contribution in [2.45, 2.75) is 58.0 Å². The molecule has 1 amide bonds. The number of halogens is 2. The van der Waals surface area contributed by atoms with E-state index in [1.54, 1.807) is 25.7 Å². The first-order chi connectivity index (χ1) is 9.57. The van der Waals surface area contributed by atoms with Crippen LogP contribution in [0, 0.1) is 11.3 Å². The Morgan fingerprint density at radius 3 is 2.38 bits per heavy atom. The highest BCUT2D eigenvalue weighted by Crippen LogP contribution is 2.56. The summed E-state index contributed by atoms with van der Waals surface area (Å²) in [5.41, 5.74) is -1.09. The molecular formula is C15H25F2NO3. The van der Waals surface area contributed by atoms with Crippen molar-refractivity contribution in [1.29, 1.82) is 0 Å². The lowest BCUT2D eigenvalue weighted by molar-refractivity contribution is -0.0195. The van der Waals surface area contributed by atoms with E-state index in [2.05, 4.69) is 0 Å². The number of piperidine rings is 1. The van der Waals surface area contributed by atoms with Gasteiger partial charge in [0.2, 0.25) is 5.92 Å². The van der Waals surface area contributed by atoms with Gasteiger partial charge in [-0.15, -0.1) is 0 Å². The minimum atomic E-state index is -2.69. The second-order valence-electron chi connectivity index (χ2n) is 7.45. The maximum Gasteiger partial charge on any atom is 0.410 e. The molecule has 2 fully saturated rings. The van der Waals surface area contributed by atoms with Crippen molar-refractivity contribution < 1.29 is 23.4 Å². The summed E-state index contributed by atoms with van der Waals surface area (Å²) in [6, 6.07) is 0. The number of rotatable bonds is 1. The van der Waals surface area contributed by atoms with Gasteiger partial charge >= 0.3 is 6.09 Å². The van der Waals surface area contributed by atoms with Crippen LogP contribution in [-0.2, 0) is 4.74 Å². The van der Waals surface area contributed by atoms with Crippen LogP contribution in [0.15, 0.2) is 0 Å². The maximum atomic E-state index is 13.7. The maximum absolute atomic E-state index is 13.7. The van der Waals surface area contributed by atoms with Gasteiger partial charge in [-0.25, -0.2) is 13.6 Å². The molecule has 21 heavy (non-hydrogen) atoms. The zero-order valence-electron chi connectivity index (χ0n) is 13.0. The van der Waals surface area contributed by atoms with Crippen LogP contribution in [0.4, 0.5) is 13.6 Å². The number of likely N-dealkylation sites (tertiary alicyclic amines) is 1. The van der Waals surface area contributed by atoms with E-state index >= 15 is 0 Å². The molecule has 1 aliphatic heterocycles. The summed E-state index contributed by atoms with van der Waals surface area (Å²) >= 11 is 0. The molecule has 0 radical (unpaired) electrons. The summed E-state index contributed by atoms with van der Waals surface area (Å²) in [6.07, 6.45) is 0.214. The third-order valence-corrected chi connectivity index (χ3v) is 4.65. The molecular weight excluding hydrogens is 280 g/mol. The lowest BCUT2D eigenvalue weighted by atomic mass is 9.71. The molecule has 0 aromatic rings. The first-order valence-electron chi connectivity index (χ1n) is 7.54. The molecule has 1 spiro atoms. The molecule has 122 valence electrons. The number of hydrogen-bond donors (Lipinski definition) is 1. The van der Waals surface area contributed by atoms with Crippen LogP contribution < -0.4 is 0 Å². The highest BCUT2D eigenvalue weighted by Gasteiger charge is 2.56. The minimum absolute atomic E-state index is 0.173. The first-order valence-corrected chi connectivity index (χ1v) is 7.54. The van der Waals surface area contributed by atoms with E-state index in [9.17, 15) is 18.7 Å². The van der Waals surface area contributed by atoms with E-state index in [1.807, 2.05) is 0 Å². The van der Waals surface area contributed by atoms with Crippen molar-refractivity contribution in [1.82, 2.24) is 4.90 Å². The van der Waals surface area contributed by atoms with Crippen molar-refractivity contribution in [3.05, 3.63) is 0 Å². The van der Waals surface area contributed by atoms with Crippen LogP contribution in [0.5, 0.6) is 0 Å². The van der Waals surface area contributed by atoms with E-state index in [4.69, 9.17) is 4.74 Å². The van der Waals surface area contributed by atoms with Crippen molar-refractivity contribution in [2.75, 3.05) is 19.7 Å². The molecule has 1 saturated heterocycles. The lowest BCUT2D eigenvalue weighted by Gasteiger charge is -2.42. The topological polar surface area (TPSA) is 49.8 Å². The Bertz CT molecular complexity index is 398. The van der Waals surface area contributed by atoms with Crippen LogP contribution >= 0.6 is 0 Å². The second-order valence-corrected chi connectivity index (χ2v) is 7.45. The molecule has 0 aromatic carbocycles. The zero-order chi connectivity index (χ0) is 15.9. The molecule has 0 aromatic heterocycles. The van der Waals surface area contributed by atoms with Crippen LogP contribution in [0.1, 0.15) is 46.5 Å². The fraction of sp³-hybridized carbons (Fsp3) is 0.933. The summed E-state index contributed by atoms with van der Waals surface area (Å²) in [5.74, 6) is -3.06. The fourth-order valence-corrected chi connectivity index (χ4v) is 3.61. The van der Waals surface area contributed by atoms with Gasteiger partial charge in [-0.1, -0.05) is 0 Å². The number of alkyl halides is 2. The average molecular weight is 305 g/mol. The molecule has 0 unspecified atom stereocenters. The van der Waals surface area contributed by atoms with Crippen LogP contribution in [0.2, 0.25) is 0 Å². The Balaban J connectivity index is 1.98. The summed E-state index contributed by atoms with van der Waals surface area (Å²) in [5, 5.41) is 9.41. The number of nitrogens with zero attached hydrogens (tertiary/aromatic N) is 1. The first kappa shape index (κ1) is 16.5. The van der Waals surface area contributed by atoms with Crippen LogP contribution in [0.3, 0.4) is 0 Å². The Kier molecular flexibility index (Phi) is 4.21. The van der Waals surface area contributed by atoms with Gasteiger partial charge in [0.1, 0.15) is 5.60 Å². The summed E-state index contributed by atoms with van der Waals surface area (Å²) < 4.78 is 32.7. The largest absolute Gasteiger partial charge is 0.444 e. The van der Waals surface area contributed by atoms with Gasteiger partial charge in [0.15, 0.2) is 0 Å². The van der Waals surface area contributed by atoms with E-state index in [-0.39, 0.29) is 31.5 Å². The van der Waals surface area contributed by atoms with E-state index in [0.29, 0.717) is 25.9 Å². The van der Waals surface area contributed by atoms with E-state index < -0.39 is 16.9 Å². The molecule has 2 rings (SSSR count). The number of carbonyl (C=O) groups excluding carboxylic acids is 1. The number of amides is 1. The lowest BCUT2D eigenvalue weighted by Crippen LogP contribution is -2.47. The summed E-state index contributed by atoms with van der Waals surface area (Å²) in [7, 11) is 0. The quantitative estimate of drug-likeness (QED) is 0.810. The third-order valence-electron chi connectivity index (χ3n) is 4.65. The average Bonchev–Trinajstić information content (AvgIpc) is 2.58. The monoisotopic (exact) mass is 305 g/mol. The third kappa shape index (κ3) is 3.65. The Morgan fingerprint density at radius 2 is 1.90 bits per heavy atom. The number of aliphatic hydroxyl groups is 1. The highest BCUT2D eigenvalue weighted by molar-refractivity contribution is 5.68. The van der Waals surface area contributed by atoms with Gasteiger partial charge in [-0.2, -0.15) is 0 Å². The SMILES string of the molecule is CC(C)(C)OC(=O)N1CCC2(CC1)CC(F)(F)C[C@H]2CO. The van der Waals surface area contributed by atoms with Gasteiger partial charge < -0.3 is 14.7 Å². The second kappa shape index (κ2) is 5.38. The molecule has 1 N–H and O–H groups in total. The molecule has 4 nitrogen and oxygen atoms in total. The Morgan fingerprint density at radius 1 is 1.33 bits per heavy atom. The molecule has 1 saturated carbocycles. The fourth-order valence-electron chi connectivity index (χ4n) is 3.61. The van der Waals surface area contributed by atoms with Gasteiger partial charge in [0.25, 0.3) is 0 Å². The normalized spacial score (nSPS) is 27.9. The van der Waals surface area contributed by atoms with Gasteiger partial charge in [0, 0.05) is 32.5 Å². The van der Waals surface area contributed by atoms with Crippen LogP contribution in [-0.4, -0.2) is 47.3 Å². The van der Waals surface area contributed by atoms with Gasteiger partial charge in [-0.3, -0.25) is 0 Å². The highest BCUT2D eigenvalue weighted by atomic mass is 19.3. The number of ether oxygens (including phenoxy) is 1. The Labute approximate surface area is 124 Å². The predicted octanol–water partition coefficient (Wildman–Crippen LogP) is 3.04. The molecule has 1 aliphatic carbocycles. The molecule has 0 bridgehead atoms. The van der Waals surface area contributed by atoms with E-state index in [1.165, 1.54) is 0 Å². The smallest absolute Gasteiger partial charge is 0.410 e. The van der Waals surface area contributed by atoms with Gasteiger partial charge in [-0.05, 0) is 44.9 Å². The minimum Gasteiger partial charge on any atom is -0.444 e. The van der Waals surface area contributed by atoms with Crippen LogP contribution in [0.25, 0.3) is 0 Å². The predicted molar refractivity (Wildman–Crippen MR) is 74.2 cm³/mol. The van der Waals surface area contributed by atoms with Crippen molar-refractivity contribution in [2.24, 2.45) is 11.3 Å². The molecule has 6 heteroatoms. The van der Waals surface area contributed by atoms with E-state index in [0.717, 1.165) is 0 Å². The van der Waals surface area contributed by atoms with Gasteiger partial charge in [0.05, 0.1) is 0 Å².